The summed E-state index contributed by atoms with van der Waals surface area (Å²) in [4.78, 5) is 26.9. The number of para-hydroxylation sites is 1. The van der Waals surface area contributed by atoms with Crippen molar-refractivity contribution in [2.75, 3.05) is 29.4 Å². The van der Waals surface area contributed by atoms with Gasteiger partial charge < -0.3 is 10.2 Å². The van der Waals surface area contributed by atoms with E-state index in [9.17, 15) is 18.0 Å². The molecule has 2 N–H and O–H groups in total. The molecular weight excluding hydrogens is 414 g/mol. The molecule has 1 aliphatic rings. The molecular formula is C20H22ClN3O4S. The van der Waals surface area contributed by atoms with Crippen molar-refractivity contribution in [1.29, 1.82) is 0 Å². The molecule has 0 bridgehead atoms. The number of likely N-dealkylation sites (tertiary alicyclic amines) is 1. The van der Waals surface area contributed by atoms with E-state index in [1.165, 1.54) is 12.1 Å². The fraction of sp³-hybridized carbons (Fsp3) is 0.300. The monoisotopic (exact) mass is 435 g/mol. The van der Waals surface area contributed by atoms with Crippen LogP contribution >= 0.6 is 11.6 Å². The molecule has 1 heterocycles. The number of carbonyl (C=O) groups excluding carboxylic acids is 2. The Morgan fingerprint density at radius 3 is 2.34 bits per heavy atom. The van der Waals surface area contributed by atoms with Gasteiger partial charge in [0.25, 0.3) is 5.91 Å². The summed E-state index contributed by atoms with van der Waals surface area (Å²) < 4.78 is 25.2. The van der Waals surface area contributed by atoms with Crippen LogP contribution in [0.3, 0.4) is 0 Å². The molecule has 2 aromatic carbocycles. The fourth-order valence-electron chi connectivity index (χ4n) is 3.23. The molecule has 2 amide bonds. The van der Waals surface area contributed by atoms with Crippen LogP contribution < -0.4 is 10.0 Å². The van der Waals surface area contributed by atoms with Crippen molar-refractivity contribution in [3.63, 3.8) is 0 Å². The standard InChI is InChI=1S/C20H22ClN3O4S/c1-29(27,28)23-18-13-15(7-8-17(18)21)20(26)24-11-9-14(10-12-24)19(25)22-16-5-3-2-4-6-16/h2-8,13-14,23H,9-12H2,1H3,(H,22,25). The molecule has 7 nitrogen and oxygen atoms in total. The Bertz CT molecular complexity index is 1000. The molecule has 0 atom stereocenters. The number of sulfonamides is 1. The van der Waals surface area contributed by atoms with Gasteiger partial charge in [0.05, 0.1) is 17.0 Å². The van der Waals surface area contributed by atoms with E-state index in [-0.39, 0.29) is 28.4 Å². The SMILES string of the molecule is CS(=O)(=O)Nc1cc(C(=O)N2CCC(C(=O)Nc3ccccc3)CC2)ccc1Cl. The first-order chi connectivity index (χ1) is 13.7. The number of nitrogens with one attached hydrogen (secondary N) is 2. The molecule has 1 aliphatic heterocycles. The number of amides is 2. The van der Waals surface area contributed by atoms with Crippen molar-refractivity contribution in [2.24, 2.45) is 5.92 Å². The lowest BCUT2D eigenvalue weighted by atomic mass is 9.95. The maximum absolute atomic E-state index is 12.8. The Morgan fingerprint density at radius 2 is 1.72 bits per heavy atom. The van der Waals surface area contributed by atoms with Gasteiger partial charge >= 0.3 is 0 Å². The quantitative estimate of drug-likeness (QED) is 0.753. The van der Waals surface area contributed by atoms with Crippen LogP contribution in [0.1, 0.15) is 23.2 Å². The van der Waals surface area contributed by atoms with Crippen molar-refractivity contribution in [2.45, 2.75) is 12.8 Å². The number of piperidine rings is 1. The van der Waals surface area contributed by atoms with Gasteiger partial charge in [-0.05, 0) is 43.2 Å². The predicted octanol–water partition coefficient (Wildman–Crippen LogP) is 3.20. The van der Waals surface area contributed by atoms with Gasteiger partial charge in [0.1, 0.15) is 0 Å². The van der Waals surface area contributed by atoms with Crippen molar-refractivity contribution >= 4 is 44.8 Å². The van der Waals surface area contributed by atoms with Crippen LogP contribution in [0.4, 0.5) is 11.4 Å². The van der Waals surface area contributed by atoms with Gasteiger partial charge in [-0.25, -0.2) is 8.42 Å². The second-order valence-corrected chi connectivity index (χ2v) is 9.15. The largest absolute Gasteiger partial charge is 0.339 e. The van der Waals surface area contributed by atoms with Crippen molar-refractivity contribution in [1.82, 2.24) is 4.90 Å². The fourth-order valence-corrected chi connectivity index (χ4v) is 4.02. The van der Waals surface area contributed by atoms with Gasteiger partial charge in [-0.15, -0.1) is 0 Å². The Balaban J connectivity index is 1.61. The van der Waals surface area contributed by atoms with Crippen LogP contribution in [0, 0.1) is 5.92 Å². The summed E-state index contributed by atoms with van der Waals surface area (Å²) in [5.41, 5.74) is 1.26. The molecule has 0 saturated carbocycles. The highest BCUT2D eigenvalue weighted by atomic mass is 35.5. The third-order valence-corrected chi connectivity index (χ3v) is 5.62. The molecule has 2 aromatic rings. The van der Waals surface area contributed by atoms with Crippen molar-refractivity contribution in [3.05, 3.63) is 59.1 Å². The lowest BCUT2D eigenvalue weighted by Gasteiger charge is -2.31. The van der Waals surface area contributed by atoms with E-state index >= 15 is 0 Å². The highest BCUT2D eigenvalue weighted by molar-refractivity contribution is 7.92. The zero-order valence-electron chi connectivity index (χ0n) is 15.9. The lowest BCUT2D eigenvalue weighted by Crippen LogP contribution is -2.41. The van der Waals surface area contributed by atoms with E-state index in [0.717, 1.165) is 11.9 Å². The van der Waals surface area contributed by atoms with Crippen LogP contribution in [0.5, 0.6) is 0 Å². The molecule has 0 aromatic heterocycles. The number of halogens is 1. The average Bonchev–Trinajstić information content (AvgIpc) is 2.69. The van der Waals surface area contributed by atoms with Crippen LogP contribution in [-0.4, -0.2) is 44.5 Å². The van der Waals surface area contributed by atoms with Gasteiger partial charge in [-0.1, -0.05) is 29.8 Å². The van der Waals surface area contributed by atoms with E-state index in [1.807, 2.05) is 30.3 Å². The Kier molecular flexibility index (Phi) is 6.44. The highest BCUT2D eigenvalue weighted by Crippen LogP contribution is 2.26. The summed E-state index contributed by atoms with van der Waals surface area (Å²) in [5, 5.41) is 3.11. The van der Waals surface area contributed by atoms with Crippen molar-refractivity contribution < 1.29 is 18.0 Å². The Morgan fingerprint density at radius 1 is 1.07 bits per heavy atom. The predicted molar refractivity (Wildman–Crippen MR) is 114 cm³/mol. The number of anilines is 2. The van der Waals surface area contributed by atoms with E-state index < -0.39 is 10.0 Å². The van der Waals surface area contributed by atoms with E-state index in [4.69, 9.17) is 11.6 Å². The number of carbonyl (C=O) groups is 2. The Labute approximate surface area is 175 Å². The molecule has 0 spiro atoms. The van der Waals surface area contributed by atoms with Gasteiger partial charge in [-0.3, -0.25) is 14.3 Å². The van der Waals surface area contributed by atoms with Gasteiger partial charge in [-0.2, -0.15) is 0 Å². The van der Waals surface area contributed by atoms with Crippen LogP contribution in [0.2, 0.25) is 5.02 Å². The third kappa shape index (κ3) is 5.71. The van der Waals surface area contributed by atoms with Crippen molar-refractivity contribution in [3.8, 4) is 0 Å². The smallest absolute Gasteiger partial charge is 0.253 e. The van der Waals surface area contributed by atoms with E-state index in [2.05, 4.69) is 10.0 Å². The molecule has 1 fully saturated rings. The van der Waals surface area contributed by atoms with Gasteiger partial charge in [0.2, 0.25) is 15.9 Å². The highest BCUT2D eigenvalue weighted by Gasteiger charge is 2.28. The average molecular weight is 436 g/mol. The minimum atomic E-state index is -3.51. The number of hydrogen-bond acceptors (Lipinski definition) is 4. The van der Waals surface area contributed by atoms with Crippen LogP contribution in [0.25, 0.3) is 0 Å². The van der Waals surface area contributed by atoms with Crippen LogP contribution in [0.15, 0.2) is 48.5 Å². The second-order valence-electron chi connectivity index (χ2n) is 6.99. The number of rotatable bonds is 5. The summed E-state index contributed by atoms with van der Waals surface area (Å²) in [5.74, 6) is -0.429. The first-order valence-electron chi connectivity index (χ1n) is 9.15. The summed E-state index contributed by atoms with van der Waals surface area (Å²) in [7, 11) is -3.51. The maximum atomic E-state index is 12.8. The van der Waals surface area contributed by atoms with Gasteiger partial charge in [0.15, 0.2) is 0 Å². The molecule has 9 heteroatoms. The molecule has 3 rings (SSSR count). The minimum Gasteiger partial charge on any atom is -0.339 e. The first-order valence-corrected chi connectivity index (χ1v) is 11.4. The van der Waals surface area contributed by atoms with Crippen LogP contribution in [-0.2, 0) is 14.8 Å². The van der Waals surface area contributed by atoms with Gasteiger partial charge in [0, 0.05) is 30.3 Å². The van der Waals surface area contributed by atoms with E-state index in [1.54, 1.807) is 11.0 Å². The maximum Gasteiger partial charge on any atom is 0.253 e. The molecule has 0 unspecified atom stereocenters. The topological polar surface area (TPSA) is 95.6 Å². The summed E-state index contributed by atoms with van der Waals surface area (Å²) in [6.45, 7) is 0.895. The zero-order chi connectivity index (χ0) is 21.0. The summed E-state index contributed by atoms with van der Waals surface area (Å²) in [6, 6.07) is 13.7. The number of hydrogen-bond donors (Lipinski definition) is 2. The Hall–Kier alpha value is -2.58. The molecule has 0 aliphatic carbocycles. The molecule has 29 heavy (non-hydrogen) atoms. The molecule has 0 radical (unpaired) electrons. The molecule has 1 saturated heterocycles. The summed E-state index contributed by atoms with van der Waals surface area (Å²) >= 11 is 6.02. The molecule has 154 valence electrons. The first kappa shape index (κ1) is 21.1. The summed E-state index contributed by atoms with van der Waals surface area (Å²) in [6.07, 6.45) is 2.14. The number of nitrogens with zero attached hydrogens (tertiary/aromatic N) is 1. The zero-order valence-corrected chi connectivity index (χ0v) is 17.5. The minimum absolute atomic E-state index is 0.0468. The third-order valence-electron chi connectivity index (χ3n) is 4.70. The normalized spacial score (nSPS) is 15.0. The van der Waals surface area contributed by atoms with E-state index in [0.29, 0.717) is 31.5 Å². The number of benzene rings is 2. The second kappa shape index (κ2) is 8.84. The lowest BCUT2D eigenvalue weighted by molar-refractivity contribution is -0.121.